The molecule has 192 valence electrons. The molecule has 3 rings (SSSR count). The molecule has 0 saturated carbocycles. The van der Waals surface area contributed by atoms with Crippen molar-refractivity contribution in [3.8, 4) is 0 Å². The average Bonchev–Trinajstić information content (AvgIpc) is 2.82. The van der Waals surface area contributed by atoms with Crippen LogP contribution in [0.25, 0.3) is 0 Å². The Hall–Kier alpha value is -2.92. The van der Waals surface area contributed by atoms with Crippen LogP contribution in [0.15, 0.2) is 70.5 Å². The summed E-state index contributed by atoms with van der Waals surface area (Å²) in [5, 5.41) is 2.62. The van der Waals surface area contributed by atoms with E-state index < -0.39 is 26.0 Å². The zero-order chi connectivity index (χ0) is 26.7. The molecule has 0 unspecified atom stereocenters. The number of amides is 1. The Morgan fingerprint density at radius 2 is 1.53 bits per heavy atom. The fraction of sp³-hybridized carbons (Fsp3) is 0.240. The molecule has 0 spiro atoms. The summed E-state index contributed by atoms with van der Waals surface area (Å²) in [5.41, 5.74) is 2.46. The number of hydrogen-bond acceptors (Lipinski definition) is 5. The van der Waals surface area contributed by atoms with Gasteiger partial charge in [0.05, 0.1) is 15.6 Å². The smallest absolute Gasteiger partial charge is 0.263 e. The van der Waals surface area contributed by atoms with Crippen LogP contribution in [-0.2, 0) is 20.0 Å². The molecule has 0 saturated heterocycles. The maximum Gasteiger partial charge on any atom is 0.263 e. The number of hydrogen-bond donors (Lipinski definition) is 2. The number of rotatable bonds is 9. The highest BCUT2D eigenvalue weighted by Gasteiger charge is 2.23. The summed E-state index contributed by atoms with van der Waals surface area (Å²) in [6, 6.07) is 15.1. The van der Waals surface area contributed by atoms with E-state index in [1.165, 1.54) is 46.8 Å². The van der Waals surface area contributed by atoms with Crippen molar-refractivity contribution >= 4 is 48.9 Å². The van der Waals surface area contributed by atoms with Gasteiger partial charge in [-0.05, 0) is 73.5 Å². The van der Waals surface area contributed by atoms with E-state index in [9.17, 15) is 21.6 Å². The molecule has 36 heavy (non-hydrogen) atoms. The predicted molar refractivity (Wildman–Crippen MR) is 143 cm³/mol. The zero-order valence-corrected chi connectivity index (χ0v) is 22.8. The van der Waals surface area contributed by atoms with Crippen molar-refractivity contribution in [2.75, 3.05) is 23.1 Å². The second-order valence-electron chi connectivity index (χ2n) is 8.14. The van der Waals surface area contributed by atoms with Gasteiger partial charge in [0.15, 0.2) is 0 Å². The lowest BCUT2D eigenvalue weighted by Gasteiger charge is -2.18. The van der Waals surface area contributed by atoms with Crippen LogP contribution in [0.1, 0.15) is 35.3 Å². The van der Waals surface area contributed by atoms with Gasteiger partial charge in [0.1, 0.15) is 4.90 Å². The minimum atomic E-state index is -4.08. The fourth-order valence-electron chi connectivity index (χ4n) is 3.52. The van der Waals surface area contributed by atoms with Gasteiger partial charge in [-0.1, -0.05) is 37.6 Å². The molecule has 2 N–H and O–H groups in total. The first-order chi connectivity index (χ1) is 16.9. The largest absolute Gasteiger partial charge is 0.322 e. The summed E-state index contributed by atoms with van der Waals surface area (Å²) in [5.74, 6) is -0.575. The van der Waals surface area contributed by atoms with Crippen LogP contribution < -0.4 is 10.0 Å². The van der Waals surface area contributed by atoms with Crippen molar-refractivity contribution in [1.29, 1.82) is 0 Å². The van der Waals surface area contributed by atoms with Gasteiger partial charge in [-0.15, -0.1) is 0 Å². The highest BCUT2D eigenvalue weighted by molar-refractivity contribution is 7.92. The van der Waals surface area contributed by atoms with Crippen LogP contribution >= 0.6 is 11.6 Å². The first-order valence-electron chi connectivity index (χ1n) is 11.2. The van der Waals surface area contributed by atoms with E-state index in [4.69, 9.17) is 11.6 Å². The van der Waals surface area contributed by atoms with Crippen LogP contribution in [0.4, 0.5) is 11.4 Å². The molecule has 1 amide bonds. The maximum atomic E-state index is 13.1. The van der Waals surface area contributed by atoms with Crippen molar-refractivity contribution in [1.82, 2.24) is 4.31 Å². The maximum absolute atomic E-state index is 13.1. The summed E-state index contributed by atoms with van der Waals surface area (Å²) >= 11 is 6.18. The van der Waals surface area contributed by atoms with Gasteiger partial charge in [-0.3, -0.25) is 9.52 Å². The highest BCUT2D eigenvalue weighted by Crippen LogP contribution is 2.27. The number of carbonyl (C=O) groups excluding carboxylic acids is 1. The van der Waals surface area contributed by atoms with Gasteiger partial charge in [-0.2, -0.15) is 4.31 Å². The van der Waals surface area contributed by atoms with Crippen molar-refractivity contribution < 1.29 is 21.6 Å². The molecule has 0 atom stereocenters. The normalized spacial score (nSPS) is 11.9. The Kier molecular flexibility index (Phi) is 8.45. The number of halogens is 1. The molecule has 8 nitrogen and oxygen atoms in total. The van der Waals surface area contributed by atoms with E-state index >= 15 is 0 Å². The van der Waals surface area contributed by atoms with E-state index in [0.717, 1.165) is 11.1 Å². The number of sulfonamides is 2. The number of carbonyl (C=O) groups is 1. The third kappa shape index (κ3) is 6.07. The van der Waals surface area contributed by atoms with E-state index in [2.05, 4.69) is 10.0 Å². The van der Waals surface area contributed by atoms with Gasteiger partial charge in [0, 0.05) is 24.3 Å². The number of nitrogens with zero attached hydrogens (tertiary/aromatic N) is 1. The molecule has 0 heterocycles. The Morgan fingerprint density at radius 1 is 0.889 bits per heavy atom. The number of anilines is 2. The molecule has 11 heteroatoms. The SMILES string of the molecule is CCN(CC)S(=O)(=O)c1ccc(NC(=O)c2ccc(Cl)c(S(=O)(=O)Nc3cc(C)ccc3C)c2)cc1. The molecule has 3 aromatic rings. The molecular formula is C25H28ClN3O5S2. The highest BCUT2D eigenvalue weighted by atomic mass is 35.5. The molecule has 0 bridgehead atoms. The average molecular weight is 550 g/mol. The van der Waals surface area contributed by atoms with E-state index in [1.54, 1.807) is 32.9 Å². The Balaban J connectivity index is 1.83. The molecule has 0 aromatic heterocycles. The van der Waals surface area contributed by atoms with Crippen molar-refractivity contribution in [3.63, 3.8) is 0 Å². The molecule has 0 aliphatic heterocycles. The topological polar surface area (TPSA) is 113 Å². The van der Waals surface area contributed by atoms with Crippen LogP contribution in [0.3, 0.4) is 0 Å². The van der Waals surface area contributed by atoms with Crippen LogP contribution in [0.2, 0.25) is 5.02 Å². The number of aryl methyl sites for hydroxylation is 2. The van der Waals surface area contributed by atoms with Gasteiger partial charge >= 0.3 is 0 Å². The lowest BCUT2D eigenvalue weighted by Crippen LogP contribution is -2.30. The summed E-state index contributed by atoms with van der Waals surface area (Å²) in [4.78, 5) is 12.7. The molecule has 0 aliphatic carbocycles. The van der Waals surface area contributed by atoms with Gasteiger partial charge in [0.25, 0.3) is 15.9 Å². The number of benzene rings is 3. The van der Waals surface area contributed by atoms with E-state index in [1.807, 2.05) is 13.0 Å². The first-order valence-corrected chi connectivity index (χ1v) is 14.5. The standard InChI is InChI=1S/C25H28ClN3O5S2/c1-5-29(6-2)36(33,34)21-12-10-20(11-13-21)27-25(30)19-9-14-22(26)24(16-19)35(31,32)28-23-15-17(3)7-8-18(23)4/h7-16,28H,5-6H2,1-4H3,(H,27,30). The summed E-state index contributed by atoms with van der Waals surface area (Å²) in [6.45, 7) is 7.83. The van der Waals surface area contributed by atoms with Gasteiger partial charge in [0.2, 0.25) is 10.0 Å². The summed E-state index contributed by atoms with van der Waals surface area (Å²) < 4.78 is 55.3. The van der Waals surface area contributed by atoms with E-state index in [0.29, 0.717) is 24.5 Å². The van der Waals surface area contributed by atoms with Crippen molar-refractivity contribution in [2.45, 2.75) is 37.5 Å². The van der Waals surface area contributed by atoms with Crippen molar-refractivity contribution in [3.05, 3.63) is 82.4 Å². The van der Waals surface area contributed by atoms with Crippen molar-refractivity contribution in [2.24, 2.45) is 0 Å². The molecule has 0 aliphatic rings. The van der Waals surface area contributed by atoms with Crippen LogP contribution in [-0.4, -0.2) is 40.1 Å². The Morgan fingerprint density at radius 3 is 2.14 bits per heavy atom. The first kappa shape index (κ1) is 27.7. The molecule has 3 aromatic carbocycles. The second kappa shape index (κ2) is 11.0. The zero-order valence-electron chi connectivity index (χ0n) is 20.4. The minimum absolute atomic E-state index is 0.0321. The lowest BCUT2D eigenvalue weighted by molar-refractivity contribution is 0.102. The number of nitrogens with one attached hydrogen (secondary N) is 2. The molecule has 0 radical (unpaired) electrons. The van der Waals surface area contributed by atoms with E-state index in [-0.39, 0.29) is 20.4 Å². The quantitative estimate of drug-likeness (QED) is 0.388. The monoisotopic (exact) mass is 549 g/mol. The summed E-state index contributed by atoms with van der Waals surface area (Å²) in [6.07, 6.45) is 0. The third-order valence-corrected chi connectivity index (χ3v) is 9.49. The summed E-state index contributed by atoms with van der Waals surface area (Å²) in [7, 11) is -7.71. The second-order valence-corrected chi connectivity index (χ2v) is 12.1. The van der Waals surface area contributed by atoms with Gasteiger partial charge in [-0.25, -0.2) is 16.8 Å². The lowest BCUT2D eigenvalue weighted by atomic mass is 10.1. The Bertz CT molecular complexity index is 1480. The molecule has 0 fully saturated rings. The van der Waals surface area contributed by atoms with Gasteiger partial charge < -0.3 is 5.32 Å². The predicted octanol–water partition coefficient (Wildman–Crippen LogP) is 5.04. The molecular weight excluding hydrogens is 522 g/mol. The third-order valence-electron chi connectivity index (χ3n) is 5.58. The van der Waals surface area contributed by atoms with Crippen LogP contribution in [0, 0.1) is 13.8 Å². The Labute approximate surface area is 217 Å². The minimum Gasteiger partial charge on any atom is -0.322 e. The fourth-order valence-corrected chi connectivity index (χ4v) is 6.63. The van der Waals surface area contributed by atoms with Crippen LogP contribution in [0.5, 0.6) is 0 Å².